The number of nitrogens with zero attached hydrogens (tertiary/aromatic N) is 4. The maximum absolute atomic E-state index is 7.26. The number of hydrogen-bond donors (Lipinski definition) is 1. The topological polar surface area (TPSA) is 86.0 Å². The van der Waals surface area contributed by atoms with Crippen LogP contribution in [0, 0.1) is 0 Å². The Bertz CT molecular complexity index is 5520. The Labute approximate surface area is 474 Å². The maximum atomic E-state index is 7.26. The van der Waals surface area contributed by atoms with E-state index in [-0.39, 0.29) is 5.92 Å². The third kappa shape index (κ3) is 6.99. The zero-order chi connectivity index (χ0) is 54.3. The highest BCUT2D eigenvalue weighted by molar-refractivity contribution is 6.27. The molecule has 6 heterocycles. The summed E-state index contributed by atoms with van der Waals surface area (Å²) in [4.78, 5) is 11.0. The lowest BCUT2D eigenvalue weighted by molar-refractivity contribution is 0.652. The molecule has 16 aromatic rings. The molecule has 0 saturated heterocycles. The van der Waals surface area contributed by atoms with E-state index in [1.165, 1.54) is 22.0 Å². The van der Waals surface area contributed by atoms with E-state index >= 15 is 0 Å². The standard InChI is InChI=1S/C75H47N5O3/c1-4-18-44(19-5-1)57-38-48(75-77-73(46-32-34-53-51-25-12-16-30-65(51)81-67(53)40-46)76-74(78-75)47-33-35-54-52-26-13-17-31-66(52)82-68(54)41-47)39-58(45-20-6-2-7-21-45)71(57)80-62-29-15-11-27-56(62)70-63(80)37-36-55-60-42-59-50-24-10-14-28-61(50)79(49-22-8-3-9-23-49)64(59)43-69(60)83-72(55)70/h1-38,40-43,58,73H,39H2,(H,76,77,78). The van der Waals surface area contributed by atoms with E-state index in [1.807, 2.05) is 24.3 Å². The second-order valence-electron chi connectivity index (χ2n) is 22.0. The molecular weight excluding hydrogens is 1020 g/mol. The van der Waals surface area contributed by atoms with Crippen molar-refractivity contribution in [3.05, 3.63) is 283 Å². The smallest absolute Gasteiger partial charge is 0.159 e. The van der Waals surface area contributed by atoms with Crippen LogP contribution in [-0.2, 0) is 0 Å². The van der Waals surface area contributed by atoms with Crippen molar-refractivity contribution in [3.63, 3.8) is 0 Å². The van der Waals surface area contributed by atoms with Crippen molar-refractivity contribution in [2.45, 2.75) is 18.5 Å². The fourth-order valence-electron chi connectivity index (χ4n) is 13.6. The fourth-order valence-corrected chi connectivity index (χ4v) is 13.6. The molecule has 1 aliphatic heterocycles. The van der Waals surface area contributed by atoms with Crippen molar-refractivity contribution in [2.24, 2.45) is 9.98 Å². The highest BCUT2D eigenvalue weighted by Gasteiger charge is 2.34. The third-order valence-corrected chi connectivity index (χ3v) is 17.4. The molecule has 8 nitrogen and oxygen atoms in total. The highest BCUT2D eigenvalue weighted by atomic mass is 16.3. The molecule has 0 radical (unpaired) electrons. The van der Waals surface area contributed by atoms with Crippen molar-refractivity contribution in [1.29, 1.82) is 0 Å². The molecule has 390 valence electrons. The van der Waals surface area contributed by atoms with Crippen LogP contribution >= 0.6 is 0 Å². The van der Waals surface area contributed by atoms with E-state index in [2.05, 4.69) is 245 Å². The minimum Gasteiger partial charge on any atom is -0.456 e. The SMILES string of the molecule is C1=C(C2=NC(c3ccc4c(c3)oc3ccccc34)=NC(c3ccc4c(c3)oc3ccccc34)N2)CC(c2ccccc2)C(n2c3ccccc3c3c4oc5cc6c(cc5c4ccc32)c2ccccc2n6-c2ccccc2)=C1c1ccccc1. The number of nitrogens with one attached hydrogen (secondary N) is 1. The molecule has 18 rings (SSSR count). The summed E-state index contributed by atoms with van der Waals surface area (Å²) in [6.45, 7) is 0. The number of allylic oxidation sites excluding steroid dienone is 3. The van der Waals surface area contributed by atoms with E-state index in [0.29, 0.717) is 12.3 Å². The molecule has 1 aliphatic carbocycles. The van der Waals surface area contributed by atoms with Gasteiger partial charge in [-0.25, -0.2) is 9.98 Å². The molecule has 0 fully saturated rings. The minimum absolute atomic E-state index is 0.132. The number of furan rings is 3. The normalized spacial score (nSPS) is 15.9. The summed E-state index contributed by atoms with van der Waals surface area (Å²) in [5.41, 5.74) is 18.1. The molecule has 5 aromatic heterocycles. The van der Waals surface area contributed by atoms with E-state index in [9.17, 15) is 0 Å². The van der Waals surface area contributed by atoms with Gasteiger partial charge in [-0.2, -0.15) is 0 Å². The lowest BCUT2D eigenvalue weighted by Crippen LogP contribution is -2.35. The van der Waals surface area contributed by atoms with Crippen molar-refractivity contribution < 1.29 is 13.3 Å². The average molecular weight is 1070 g/mol. The number of aliphatic imine (C=N–C) groups is 2. The van der Waals surface area contributed by atoms with Gasteiger partial charge in [0.05, 0.1) is 27.5 Å². The van der Waals surface area contributed by atoms with Gasteiger partial charge in [-0.1, -0.05) is 170 Å². The van der Waals surface area contributed by atoms with Crippen LogP contribution in [0.15, 0.2) is 284 Å². The second-order valence-corrected chi connectivity index (χ2v) is 22.0. The Hall–Kier alpha value is -11.0. The van der Waals surface area contributed by atoms with Gasteiger partial charge in [0.2, 0.25) is 0 Å². The Morgan fingerprint density at radius 2 is 1.00 bits per heavy atom. The number of rotatable bonds is 7. The molecule has 1 N–H and O–H groups in total. The summed E-state index contributed by atoms with van der Waals surface area (Å²) in [6, 6.07) is 88.3. The van der Waals surface area contributed by atoms with Gasteiger partial charge >= 0.3 is 0 Å². The molecule has 0 saturated carbocycles. The van der Waals surface area contributed by atoms with Gasteiger partial charge in [-0.15, -0.1) is 0 Å². The van der Waals surface area contributed by atoms with Crippen molar-refractivity contribution in [1.82, 2.24) is 14.5 Å². The molecule has 2 aliphatic rings. The van der Waals surface area contributed by atoms with Crippen LogP contribution in [0.1, 0.15) is 40.8 Å². The van der Waals surface area contributed by atoms with Crippen LogP contribution in [-0.4, -0.2) is 20.8 Å². The molecule has 0 spiro atoms. The quantitative estimate of drug-likeness (QED) is 0.172. The zero-order valence-corrected chi connectivity index (χ0v) is 44.6. The van der Waals surface area contributed by atoms with Gasteiger partial charge in [-0.05, 0) is 102 Å². The Kier molecular flexibility index (Phi) is 9.82. The molecule has 0 bridgehead atoms. The summed E-state index contributed by atoms with van der Waals surface area (Å²) in [5.74, 6) is 1.24. The number of benzene rings is 11. The predicted molar refractivity (Wildman–Crippen MR) is 340 cm³/mol. The van der Waals surface area contributed by atoms with Gasteiger partial charge in [0.25, 0.3) is 0 Å². The van der Waals surface area contributed by atoms with E-state index in [4.69, 9.17) is 23.2 Å². The molecular formula is C75H47N5O3. The third-order valence-electron chi connectivity index (χ3n) is 17.4. The molecule has 2 atom stereocenters. The van der Waals surface area contributed by atoms with Crippen LogP contribution < -0.4 is 5.32 Å². The summed E-state index contributed by atoms with van der Waals surface area (Å²) >= 11 is 0. The molecule has 83 heavy (non-hydrogen) atoms. The van der Waals surface area contributed by atoms with Gasteiger partial charge in [0, 0.05) is 88.5 Å². The van der Waals surface area contributed by atoms with Crippen molar-refractivity contribution >= 4 is 132 Å². The summed E-state index contributed by atoms with van der Waals surface area (Å²) in [6.07, 6.45) is 2.52. The van der Waals surface area contributed by atoms with E-state index < -0.39 is 6.17 Å². The van der Waals surface area contributed by atoms with E-state index in [0.717, 1.165) is 138 Å². The number of para-hydroxylation sites is 5. The fraction of sp³-hybridized carbons (Fsp3) is 0.0400. The molecule has 11 aromatic carbocycles. The van der Waals surface area contributed by atoms with Crippen LogP contribution in [0.25, 0.3) is 126 Å². The number of fused-ring (bicyclic) bond motifs is 16. The Balaban J connectivity index is 0.860. The summed E-state index contributed by atoms with van der Waals surface area (Å²) in [5, 5.41) is 15.0. The molecule has 2 unspecified atom stereocenters. The van der Waals surface area contributed by atoms with Crippen LogP contribution in [0.3, 0.4) is 0 Å². The monoisotopic (exact) mass is 1070 g/mol. The zero-order valence-electron chi connectivity index (χ0n) is 44.6. The Morgan fingerprint density at radius 1 is 0.398 bits per heavy atom. The summed E-state index contributed by atoms with van der Waals surface area (Å²) in [7, 11) is 0. The van der Waals surface area contributed by atoms with Gasteiger partial charge in [0.15, 0.2) is 5.84 Å². The first-order valence-electron chi connectivity index (χ1n) is 28.3. The Morgan fingerprint density at radius 3 is 1.76 bits per heavy atom. The van der Waals surface area contributed by atoms with Gasteiger partial charge in [-0.3, -0.25) is 0 Å². The number of amidine groups is 2. The first-order valence-corrected chi connectivity index (χ1v) is 28.3. The predicted octanol–water partition coefficient (Wildman–Crippen LogP) is 19.2. The maximum Gasteiger partial charge on any atom is 0.159 e. The first kappa shape index (κ1) is 45.9. The molecule has 0 amide bonds. The lowest BCUT2D eigenvalue weighted by Gasteiger charge is -2.33. The van der Waals surface area contributed by atoms with E-state index in [1.54, 1.807) is 0 Å². The lowest BCUT2D eigenvalue weighted by atomic mass is 9.79. The number of aromatic nitrogens is 2. The minimum atomic E-state index is -0.496. The number of hydrogen-bond acceptors (Lipinski definition) is 6. The van der Waals surface area contributed by atoms with Gasteiger partial charge < -0.3 is 27.7 Å². The van der Waals surface area contributed by atoms with Gasteiger partial charge in [0.1, 0.15) is 45.5 Å². The van der Waals surface area contributed by atoms with Crippen LogP contribution in [0.4, 0.5) is 0 Å². The largest absolute Gasteiger partial charge is 0.456 e. The van der Waals surface area contributed by atoms with Crippen LogP contribution in [0.2, 0.25) is 0 Å². The first-order chi connectivity index (χ1) is 41.1. The van der Waals surface area contributed by atoms with Crippen molar-refractivity contribution in [2.75, 3.05) is 0 Å². The average Bonchev–Trinajstić information content (AvgIpc) is 2.47. The summed E-state index contributed by atoms with van der Waals surface area (Å²) < 4.78 is 25.1. The second kappa shape index (κ2) is 17.8. The van der Waals surface area contributed by atoms with Crippen molar-refractivity contribution in [3.8, 4) is 5.69 Å². The molecule has 8 heteroatoms. The van der Waals surface area contributed by atoms with Crippen LogP contribution in [0.5, 0.6) is 0 Å². The highest BCUT2D eigenvalue weighted by Crippen LogP contribution is 2.50.